The van der Waals surface area contributed by atoms with Crippen molar-refractivity contribution in [1.29, 1.82) is 0 Å². The van der Waals surface area contributed by atoms with Crippen LogP contribution >= 0.6 is 0 Å². The molecule has 0 spiro atoms. The molecular weight excluding hydrogens is 218 g/mol. The van der Waals surface area contributed by atoms with Gasteiger partial charge in [-0.15, -0.1) is 0 Å². The third kappa shape index (κ3) is 1.75. The number of amides is 2. The Balaban J connectivity index is 1.73. The standard InChI is InChI=1S/C12H15N3O2/c16-11-10-2-1-5-15(10)12(17)9(14-11)6-8-3-4-13-7-8/h4,7,9-10H,1-3,5-6H2,(H,14,16)/t9-,10-/m0/s1. The second-order valence-electron chi connectivity index (χ2n) is 4.78. The lowest BCUT2D eigenvalue weighted by Crippen LogP contribution is -2.61. The number of carbonyl (C=O) groups excluding carboxylic acids is 2. The molecule has 90 valence electrons. The molecule has 2 atom stereocenters. The molecule has 2 fully saturated rings. The fourth-order valence-electron chi connectivity index (χ4n) is 2.75. The fourth-order valence-corrected chi connectivity index (χ4v) is 2.75. The van der Waals surface area contributed by atoms with Gasteiger partial charge in [-0.1, -0.05) is 0 Å². The minimum atomic E-state index is -0.384. The summed E-state index contributed by atoms with van der Waals surface area (Å²) in [5, 5.41) is 2.84. The van der Waals surface area contributed by atoms with Crippen LogP contribution in [0.1, 0.15) is 25.7 Å². The highest BCUT2D eigenvalue weighted by Gasteiger charge is 2.42. The molecule has 0 aromatic carbocycles. The van der Waals surface area contributed by atoms with Gasteiger partial charge in [0.05, 0.1) is 0 Å². The van der Waals surface area contributed by atoms with E-state index in [0.29, 0.717) is 6.42 Å². The van der Waals surface area contributed by atoms with E-state index in [2.05, 4.69) is 10.3 Å². The van der Waals surface area contributed by atoms with Crippen molar-refractivity contribution in [2.45, 2.75) is 37.8 Å². The van der Waals surface area contributed by atoms with Gasteiger partial charge in [-0.05, 0) is 24.8 Å². The van der Waals surface area contributed by atoms with Gasteiger partial charge in [0.25, 0.3) is 0 Å². The maximum absolute atomic E-state index is 12.2. The summed E-state index contributed by atoms with van der Waals surface area (Å²) in [7, 11) is 0. The largest absolute Gasteiger partial charge is 0.342 e. The van der Waals surface area contributed by atoms with Gasteiger partial charge < -0.3 is 10.2 Å². The van der Waals surface area contributed by atoms with Crippen LogP contribution < -0.4 is 5.32 Å². The topological polar surface area (TPSA) is 61.8 Å². The Kier molecular flexibility index (Phi) is 2.46. The zero-order valence-corrected chi connectivity index (χ0v) is 9.56. The van der Waals surface area contributed by atoms with Crippen LogP contribution in [0.5, 0.6) is 0 Å². The van der Waals surface area contributed by atoms with Crippen molar-refractivity contribution in [2.75, 3.05) is 6.54 Å². The molecule has 0 saturated carbocycles. The van der Waals surface area contributed by atoms with Gasteiger partial charge in [-0.3, -0.25) is 14.6 Å². The summed E-state index contributed by atoms with van der Waals surface area (Å²) in [5.41, 5.74) is 1.11. The van der Waals surface area contributed by atoms with E-state index in [0.717, 1.165) is 31.4 Å². The molecule has 5 nitrogen and oxygen atoms in total. The van der Waals surface area contributed by atoms with Crippen molar-refractivity contribution in [3.05, 3.63) is 11.8 Å². The number of nitrogens with one attached hydrogen (secondary N) is 1. The van der Waals surface area contributed by atoms with Gasteiger partial charge in [0.1, 0.15) is 12.1 Å². The SMILES string of the molecule is O=C1N[C@@H](CC2=CN=CC2)C(=O)N2CCC[C@@H]12. The predicted molar refractivity (Wildman–Crippen MR) is 62.5 cm³/mol. The zero-order valence-electron chi connectivity index (χ0n) is 9.56. The van der Waals surface area contributed by atoms with Gasteiger partial charge in [0, 0.05) is 25.4 Å². The molecule has 3 aliphatic rings. The molecule has 0 radical (unpaired) electrons. The average Bonchev–Trinajstić information content (AvgIpc) is 2.96. The van der Waals surface area contributed by atoms with Crippen LogP contribution in [-0.2, 0) is 9.59 Å². The number of hydrogen-bond acceptors (Lipinski definition) is 3. The summed E-state index contributed by atoms with van der Waals surface area (Å²) in [6.07, 6.45) is 6.73. The Labute approximate surface area is 99.6 Å². The molecule has 17 heavy (non-hydrogen) atoms. The molecule has 2 saturated heterocycles. The smallest absolute Gasteiger partial charge is 0.246 e. The highest BCUT2D eigenvalue weighted by molar-refractivity contribution is 5.97. The number of nitrogens with zero attached hydrogens (tertiary/aromatic N) is 2. The molecule has 0 aliphatic carbocycles. The minimum Gasteiger partial charge on any atom is -0.342 e. The number of aliphatic imine (C=N–C) groups is 1. The van der Waals surface area contributed by atoms with E-state index in [-0.39, 0.29) is 23.9 Å². The van der Waals surface area contributed by atoms with Crippen LogP contribution in [0.3, 0.4) is 0 Å². The second-order valence-corrected chi connectivity index (χ2v) is 4.78. The monoisotopic (exact) mass is 233 g/mol. The Morgan fingerprint density at radius 2 is 2.35 bits per heavy atom. The number of carbonyl (C=O) groups is 2. The third-order valence-electron chi connectivity index (χ3n) is 3.64. The van der Waals surface area contributed by atoms with Crippen LogP contribution in [0.15, 0.2) is 16.8 Å². The minimum absolute atomic E-state index is 0.00613. The maximum Gasteiger partial charge on any atom is 0.246 e. The van der Waals surface area contributed by atoms with E-state index in [1.807, 2.05) is 6.21 Å². The van der Waals surface area contributed by atoms with E-state index in [1.165, 1.54) is 0 Å². The normalized spacial score (nSPS) is 31.5. The molecule has 0 unspecified atom stereocenters. The summed E-state index contributed by atoms with van der Waals surface area (Å²) in [4.78, 5) is 29.8. The predicted octanol–water partition coefficient (Wildman–Crippen LogP) is 0.224. The van der Waals surface area contributed by atoms with Crippen molar-refractivity contribution >= 4 is 18.0 Å². The first-order valence-corrected chi connectivity index (χ1v) is 6.06. The van der Waals surface area contributed by atoms with Crippen LogP contribution in [0.25, 0.3) is 0 Å². The van der Waals surface area contributed by atoms with Crippen molar-refractivity contribution in [2.24, 2.45) is 4.99 Å². The van der Waals surface area contributed by atoms with Gasteiger partial charge in [-0.25, -0.2) is 0 Å². The number of piperazine rings is 1. The van der Waals surface area contributed by atoms with Crippen LogP contribution in [0, 0.1) is 0 Å². The van der Waals surface area contributed by atoms with Gasteiger partial charge in [0.15, 0.2) is 0 Å². The Morgan fingerprint density at radius 3 is 3.12 bits per heavy atom. The molecular formula is C12H15N3O2. The maximum atomic E-state index is 12.2. The first-order valence-electron chi connectivity index (χ1n) is 6.06. The first-order chi connectivity index (χ1) is 8.25. The lowest BCUT2D eigenvalue weighted by Gasteiger charge is -2.34. The molecule has 3 aliphatic heterocycles. The highest BCUT2D eigenvalue weighted by Crippen LogP contribution is 2.25. The van der Waals surface area contributed by atoms with E-state index in [9.17, 15) is 9.59 Å². The zero-order chi connectivity index (χ0) is 11.8. The second kappa shape index (κ2) is 3.98. The van der Waals surface area contributed by atoms with Crippen molar-refractivity contribution < 1.29 is 9.59 Å². The Bertz CT molecular complexity index is 427. The van der Waals surface area contributed by atoms with Gasteiger partial charge in [0.2, 0.25) is 11.8 Å². The fraction of sp³-hybridized carbons (Fsp3) is 0.583. The van der Waals surface area contributed by atoms with Crippen LogP contribution in [0.4, 0.5) is 0 Å². The molecule has 0 bridgehead atoms. The summed E-state index contributed by atoms with van der Waals surface area (Å²) < 4.78 is 0. The molecule has 5 heteroatoms. The lowest BCUT2D eigenvalue weighted by molar-refractivity contribution is -0.146. The number of hydrogen-bond donors (Lipinski definition) is 1. The van der Waals surface area contributed by atoms with E-state index < -0.39 is 0 Å². The van der Waals surface area contributed by atoms with Crippen molar-refractivity contribution in [3.63, 3.8) is 0 Å². The average molecular weight is 233 g/mol. The number of fused-ring (bicyclic) bond motifs is 1. The van der Waals surface area contributed by atoms with Gasteiger partial charge >= 0.3 is 0 Å². The Hall–Kier alpha value is -1.65. The third-order valence-corrected chi connectivity index (χ3v) is 3.64. The summed E-state index contributed by atoms with van der Waals surface area (Å²) in [6.45, 7) is 0.725. The lowest BCUT2D eigenvalue weighted by atomic mass is 10.0. The molecule has 0 aromatic rings. The summed E-state index contributed by atoms with van der Waals surface area (Å²) >= 11 is 0. The van der Waals surface area contributed by atoms with Gasteiger partial charge in [-0.2, -0.15) is 0 Å². The Morgan fingerprint density at radius 1 is 1.47 bits per heavy atom. The molecule has 3 rings (SSSR count). The molecule has 2 amide bonds. The van der Waals surface area contributed by atoms with Crippen molar-refractivity contribution in [3.8, 4) is 0 Å². The summed E-state index contributed by atoms with van der Waals surface area (Å²) in [6, 6.07) is -0.600. The number of rotatable bonds is 2. The quantitative estimate of drug-likeness (QED) is 0.742. The van der Waals surface area contributed by atoms with Crippen molar-refractivity contribution in [1.82, 2.24) is 10.2 Å². The van der Waals surface area contributed by atoms with Crippen LogP contribution in [0.2, 0.25) is 0 Å². The molecule has 1 N–H and O–H groups in total. The highest BCUT2D eigenvalue weighted by atomic mass is 16.2. The van der Waals surface area contributed by atoms with E-state index >= 15 is 0 Å². The first kappa shape index (κ1) is 10.5. The molecule has 3 heterocycles. The van der Waals surface area contributed by atoms with E-state index in [4.69, 9.17) is 0 Å². The van der Waals surface area contributed by atoms with E-state index in [1.54, 1.807) is 11.1 Å². The summed E-state index contributed by atoms with van der Waals surface area (Å²) in [5.74, 6) is 0.0755. The molecule has 0 aromatic heterocycles. The van der Waals surface area contributed by atoms with Crippen LogP contribution in [-0.4, -0.2) is 41.6 Å².